The summed E-state index contributed by atoms with van der Waals surface area (Å²) in [5.74, 6) is 1.48. The standard InChI is InChI=1S/C21H22BrN5O2/c1-12-16(17-18(26-21(2)6-7-21)24-11-25-19(17)29-12)20(28)27-8-5-13(10-27)15-4-3-14(22)9-23-15/h3-4,9,11,13H,5-8,10H2,1-2H3,(H,24,25,26). The molecular formula is C21H22BrN5O2. The Morgan fingerprint density at radius 2 is 2.14 bits per heavy atom. The molecule has 2 aliphatic rings. The number of carbonyl (C=O) groups is 1. The average molecular weight is 456 g/mol. The number of anilines is 1. The van der Waals surface area contributed by atoms with Crippen molar-refractivity contribution in [3.05, 3.63) is 46.1 Å². The zero-order valence-electron chi connectivity index (χ0n) is 16.4. The maximum atomic E-state index is 13.5. The number of amides is 1. The molecular weight excluding hydrogens is 434 g/mol. The van der Waals surface area contributed by atoms with E-state index in [2.05, 4.69) is 43.1 Å². The maximum Gasteiger partial charge on any atom is 0.258 e. The summed E-state index contributed by atoms with van der Waals surface area (Å²) < 4.78 is 6.78. The lowest BCUT2D eigenvalue weighted by molar-refractivity contribution is 0.0790. The highest BCUT2D eigenvalue weighted by molar-refractivity contribution is 9.10. The fraction of sp³-hybridized carbons (Fsp3) is 0.429. The van der Waals surface area contributed by atoms with Gasteiger partial charge in [0, 0.05) is 40.9 Å². The summed E-state index contributed by atoms with van der Waals surface area (Å²) in [5, 5.41) is 4.17. The van der Waals surface area contributed by atoms with Crippen molar-refractivity contribution in [3.8, 4) is 0 Å². The third-order valence-corrected chi connectivity index (χ3v) is 6.41. The Bertz CT molecular complexity index is 1090. The molecule has 0 aromatic carbocycles. The SMILES string of the molecule is Cc1oc2ncnc(NC3(C)CC3)c2c1C(=O)N1CCC(c2ccc(Br)cn2)C1. The fourth-order valence-corrected chi connectivity index (χ4v) is 4.20. The first kappa shape index (κ1) is 18.5. The minimum Gasteiger partial charge on any atom is -0.442 e. The highest BCUT2D eigenvalue weighted by Gasteiger charge is 2.39. The summed E-state index contributed by atoms with van der Waals surface area (Å²) in [7, 11) is 0. The highest BCUT2D eigenvalue weighted by atomic mass is 79.9. The number of hydrogen-bond acceptors (Lipinski definition) is 6. The van der Waals surface area contributed by atoms with Crippen molar-refractivity contribution in [2.24, 2.45) is 0 Å². The number of pyridine rings is 1. The van der Waals surface area contributed by atoms with Gasteiger partial charge in [0.15, 0.2) is 0 Å². The van der Waals surface area contributed by atoms with E-state index < -0.39 is 0 Å². The molecule has 8 heteroatoms. The van der Waals surface area contributed by atoms with E-state index in [-0.39, 0.29) is 17.4 Å². The van der Waals surface area contributed by atoms with Crippen LogP contribution in [0.25, 0.3) is 11.1 Å². The van der Waals surface area contributed by atoms with Crippen LogP contribution in [0.5, 0.6) is 0 Å². The van der Waals surface area contributed by atoms with Gasteiger partial charge in [0.2, 0.25) is 5.71 Å². The van der Waals surface area contributed by atoms with Gasteiger partial charge in [-0.15, -0.1) is 0 Å². The fourth-order valence-electron chi connectivity index (χ4n) is 3.97. The minimum atomic E-state index is -0.0281. The molecule has 7 nitrogen and oxygen atoms in total. The molecule has 1 unspecified atom stereocenters. The Kier molecular flexibility index (Phi) is 4.34. The van der Waals surface area contributed by atoms with Gasteiger partial charge < -0.3 is 14.6 Å². The van der Waals surface area contributed by atoms with E-state index >= 15 is 0 Å². The zero-order valence-corrected chi connectivity index (χ0v) is 18.0. The van der Waals surface area contributed by atoms with Gasteiger partial charge in [-0.05, 0) is 61.2 Å². The molecule has 1 aliphatic carbocycles. The van der Waals surface area contributed by atoms with Crippen molar-refractivity contribution in [1.29, 1.82) is 0 Å². The molecule has 2 fully saturated rings. The molecule has 1 aliphatic heterocycles. The molecule has 4 heterocycles. The van der Waals surface area contributed by atoms with Gasteiger partial charge in [-0.3, -0.25) is 9.78 Å². The second-order valence-corrected chi connectivity index (χ2v) is 9.18. The van der Waals surface area contributed by atoms with Crippen LogP contribution in [0, 0.1) is 6.92 Å². The largest absolute Gasteiger partial charge is 0.442 e. The van der Waals surface area contributed by atoms with Crippen LogP contribution in [0.15, 0.2) is 33.5 Å². The van der Waals surface area contributed by atoms with Crippen LogP contribution in [0.3, 0.4) is 0 Å². The van der Waals surface area contributed by atoms with Gasteiger partial charge in [0.25, 0.3) is 5.91 Å². The van der Waals surface area contributed by atoms with Crippen LogP contribution in [0.4, 0.5) is 5.82 Å². The average Bonchev–Trinajstić information content (AvgIpc) is 3.11. The van der Waals surface area contributed by atoms with Crippen molar-refractivity contribution in [2.75, 3.05) is 18.4 Å². The van der Waals surface area contributed by atoms with Gasteiger partial charge >= 0.3 is 0 Å². The summed E-state index contributed by atoms with van der Waals surface area (Å²) in [5.41, 5.74) is 2.08. The van der Waals surface area contributed by atoms with Crippen LogP contribution in [-0.4, -0.2) is 44.4 Å². The first-order valence-corrected chi connectivity index (χ1v) is 10.7. The molecule has 150 valence electrons. The lowest BCUT2D eigenvalue weighted by Gasteiger charge is -2.17. The summed E-state index contributed by atoms with van der Waals surface area (Å²) in [6, 6.07) is 4.02. The predicted octanol–water partition coefficient (Wildman–Crippen LogP) is 4.28. The van der Waals surface area contributed by atoms with E-state index in [1.54, 1.807) is 6.20 Å². The summed E-state index contributed by atoms with van der Waals surface area (Å²) in [6.07, 6.45) is 6.37. The lowest BCUT2D eigenvalue weighted by Crippen LogP contribution is -2.29. The number of halogens is 1. The number of nitrogens with one attached hydrogen (secondary N) is 1. The highest BCUT2D eigenvalue weighted by Crippen LogP contribution is 2.40. The lowest BCUT2D eigenvalue weighted by atomic mass is 10.0. The van der Waals surface area contributed by atoms with E-state index in [0.29, 0.717) is 41.3 Å². The number of likely N-dealkylation sites (tertiary alicyclic amines) is 1. The first-order valence-electron chi connectivity index (χ1n) is 9.86. The summed E-state index contributed by atoms with van der Waals surface area (Å²) >= 11 is 3.42. The molecule has 3 aromatic heterocycles. The van der Waals surface area contributed by atoms with Gasteiger partial charge in [0.1, 0.15) is 17.9 Å². The monoisotopic (exact) mass is 455 g/mol. The number of nitrogens with zero attached hydrogens (tertiary/aromatic N) is 4. The number of fused-ring (bicyclic) bond motifs is 1. The maximum absolute atomic E-state index is 13.5. The van der Waals surface area contributed by atoms with Gasteiger partial charge in [-0.1, -0.05) is 0 Å². The van der Waals surface area contributed by atoms with Crippen molar-refractivity contribution in [2.45, 2.75) is 44.6 Å². The second kappa shape index (κ2) is 6.79. The third kappa shape index (κ3) is 3.39. The quantitative estimate of drug-likeness (QED) is 0.631. The third-order valence-electron chi connectivity index (χ3n) is 5.94. The molecule has 1 amide bonds. The van der Waals surface area contributed by atoms with Crippen LogP contribution >= 0.6 is 15.9 Å². The van der Waals surface area contributed by atoms with E-state index in [1.807, 2.05) is 24.0 Å². The normalized spacial score (nSPS) is 20.2. The van der Waals surface area contributed by atoms with Gasteiger partial charge in [-0.2, -0.15) is 0 Å². The summed E-state index contributed by atoms with van der Waals surface area (Å²) in [6.45, 7) is 5.32. The minimum absolute atomic E-state index is 0.0281. The van der Waals surface area contributed by atoms with Crippen molar-refractivity contribution < 1.29 is 9.21 Å². The molecule has 1 saturated carbocycles. The molecule has 0 spiro atoms. The predicted molar refractivity (Wildman–Crippen MR) is 113 cm³/mol. The number of furan rings is 1. The van der Waals surface area contributed by atoms with Crippen LogP contribution in [0.1, 0.15) is 53.9 Å². The van der Waals surface area contributed by atoms with Gasteiger partial charge in [0.05, 0.1) is 10.9 Å². The molecule has 5 rings (SSSR count). The topological polar surface area (TPSA) is 84.2 Å². The number of aromatic nitrogens is 3. The van der Waals surface area contributed by atoms with Crippen molar-refractivity contribution in [3.63, 3.8) is 0 Å². The molecule has 0 radical (unpaired) electrons. The van der Waals surface area contributed by atoms with E-state index in [9.17, 15) is 4.79 Å². The number of aryl methyl sites for hydroxylation is 1. The Hall–Kier alpha value is -2.48. The van der Waals surface area contributed by atoms with Crippen LogP contribution < -0.4 is 5.32 Å². The number of hydrogen-bond donors (Lipinski definition) is 1. The second-order valence-electron chi connectivity index (χ2n) is 8.26. The Balaban J connectivity index is 1.45. The van der Waals surface area contributed by atoms with Gasteiger partial charge in [-0.25, -0.2) is 9.97 Å². The molecule has 1 saturated heterocycles. The molecule has 29 heavy (non-hydrogen) atoms. The molecule has 1 N–H and O–H groups in total. The zero-order chi connectivity index (χ0) is 20.2. The van der Waals surface area contributed by atoms with Crippen molar-refractivity contribution in [1.82, 2.24) is 19.9 Å². The molecule has 1 atom stereocenters. The first-order chi connectivity index (χ1) is 13.9. The van der Waals surface area contributed by atoms with Crippen LogP contribution in [-0.2, 0) is 0 Å². The number of carbonyl (C=O) groups excluding carboxylic acids is 1. The van der Waals surface area contributed by atoms with E-state index in [0.717, 1.165) is 29.4 Å². The van der Waals surface area contributed by atoms with Crippen molar-refractivity contribution >= 4 is 38.8 Å². The van der Waals surface area contributed by atoms with E-state index in [4.69, 9.17) is 4.42 Å². The Morgan fingerprint density at radius 1 is 1.31 bits per heavy atom. The Labute approximate surface area is 177 Å². The number of rotatable bonds is 4. The Morgan fingerprint density at radius 3 is 2.86 bits per heavy atom. The smallest absolute Gasteiger partial charge is 0.258 e. The van der Waals surface area contributed by atoms with Crippen LogP contribution in [0.2, 0.25) is 0 Å². The molecule has 0 bridgehead atoms. The van der Waals surface area contributed by atoms with E-state index in [1.165, 1.54) is 6.33 Å². The molecule has 3 aromatic rings. The summed E-state index contributed by atoms with van der Waals surface area (Å²) in [4.78, 5) is 28.5.